The zero-order valence-electron chi connectivity index (χ0n) is 7.82. The fraction of sp³-hybridized carbons (Fsp3) is 0.273. The first-order valence-electron chi connectivity index (χ1n) is 4.48. The summed E-state index contributed by atoms with van der Waals surface area (Å²) in [6, 6.07) is 7.55. The summed E-state index contributed by atoms with van der Waals surface area (Å²) in [6.45, 7) is 1.92. The first-order valence-corrected chi connectivity index (χ1v) is 4.48. The number of benzene rings is 1. The summed E-state index contributed by atoms with van der Waals surface area (Å²) >= 11 is 0. The highest BCUT2D eigenvalue weighted by atomic mass is 16.6. The number of cyclic esters (lactones) is 2. The van der Waals surface area contributed by atoms with Crippen molar-refractivity contribution in [3.8, 4) is 0 Å². The Labute approximate surface area is 81.7 Å². The van der Waals surface area contributed by atoms with Gasteiger partial charge in [-0.15, -0.1) is 0 Å². The molecule has 1 fully saturated rings. The van der Waals surface area contributed by atoms with Gasteiger partial charge < -0.3 is 4.74 Å². The van der Waals surface area contributed by atoms with Crippen molar-refractivity contribution in [3.05, 3.63) is 35.4 Å². The third kappa shape index (κ3) is 1.41. The van der Waals surface area contributed by atoms with Crippen LogP contribution in [0.15, 0.2) is 24.3 Å². The van der Waals surface area contributed by atoms with Crippen molar-refractivity contribution in [2.75, 3.05) is 0 Å². The van der Waals surface area contributed by atoms with E-state index < -0.39 is 17.9 Å². The molecule has 72 valence electrons. The monoisotopic (exact) mass is 190 g/mol. The van der Waals surface area contributed by atoms with E-state index in [1.165, 1.54) is 0 Å². The predicted molar refractivity (Wildman–Crippen MR) is 49.6 cm³/mol. The van der Waals surface area contributed by atoms with Crippen LogP contribution in [0.1, 0.15) is 23.5 Å². The maximum atomic E-state index is 11.3. The molecule has 0 spiro atoms. The van der Waals surface area contributed by atoms with Crippen LogP contribution in [0.25, 0.3) is 0 Å². The standard InChI is InChI=1S/C11H10O3/c1-7-4-2-3-5-8(7)9-6-10(12)14-11(9)13/h2-5,9H,6H2,1H3/t9-/m1/s1. The van der Waals surface area contributed by atoms with Crippen LogP contribution < -0.4 is 0 Å². The average molecular weight is 190 g/mol. The molecule has 0 saturated carbocycles. The second kappa shape index (κ2) is 3.25. The third-order valence-electron chi connectivity index (χ3n) is 2.43. The lowest BCUT2D eigenvalue weighted by Gasteiger charge is -2.07. The Morgan fingerprint density at radius 3 is 2.57 bits per heavy atom. The molecule has 14 heavy (non-hydrogen) atoms. The normalized spacial score (nSPS) is 21.1. The maximum Gasteiger partial charge on any atom is 0.321 e. The van der Waals surface area contributed by atoms with Crippen molar-refractivity contribution >= 4 is 11.9 Å². The molecular weight excluding hydrogens is 180 g/mol. The Kier molecular flexibility index (Phi) is 2.08. The van der Waals surface area contributed by atoms with E-state index in [1.54, 1.807) is 0 Å². The Bertz CT molecular complexity index is 395. The van der Waals surface area contributed by atoms with Gasteiger partial charge >= 0.3 is 11.9 Å². The van der Waals surface area contributed by atoms with E-state index in [0.717, 1.165) is 11.1 Å². The van der Waals surface area contributed by atoms with Gasteiger partial charge in [0.2, 0.25) is 0 Å². The molecule has 1 aliphatic heterocycles. The van der Waals surface area contributed by atoms with E-state index in [-0.39, 0.29) is 6.42 Å². The molecule has 3 nitrogen and oxygen atoms in total. The molecule has 0 aromatic heterocycles. The topological polar surface area (TPSA) is 43.4 Å². The van der Waals surface area contributed by atoms with Gasteiger partial charge in [-0.25, -0.2) is 0 Å². The Balaban J connectivity index is 2.36. The molecule has 1 atom stereocenters. The van der Waals surface area contributed by atoms with Gasteiger partial charge in [0, 0.05) is 0 Å². The van der Waals surface area contributed by atoms with Crippen LogP contribution >= 0.6 is 0 Å². The van der Waals surface area contributed by atoms with Gasteiger partial charge in [-0.2, -0.15) is 0 Å². The molecule has 0 N–H and O–H groups in total. The highest BCUT2D eigenvalue weighted by Crippen LogP contribution is 2.29. The van der Waals surface area contributed by atoms with Crippen LogP contribution in [-0.2, 0) is 14.3 Å². The van der Waals surface area contributed by atoms with Crippen molar-refractivity contribution in [2.24, 2.45) is 0 Å². The molecule has 0 bridgehead atoms. The van der Waals surface area contributed by atoms with Gasteiger partial charge in [-0.05, 0) is 18.1 Å². The molecule has 1 saturated heterocycles. The Morgan fingerprint density at radius 2 is 2.00 bits per heavy atom. The van der Waals surface area contributed by atoms with Crippen molar-refractivity contribution in [2.45, 2.75) is 19.3 Å². The van der Waals surface area contributed by atoms with Gasteiger partial charge in [0.1, 0.15) is 0 Å². The maximum absolute atomic E-state index is 11.3. The Hall–Kier alpha value is -1.64. The van der Waals surface area contributed by atoms with Crippen molar-refractivity contribution in [1.82, 2.24) is 0 Å². The summed E-state index contributed by atoms with van der Waals surface area (Å²) in [4.78, 5) is 22.2. The highest BCUT2D eigenvalue weighted by molar-refractivity contribution is 5.98. The van der Waals surface area contributed by atoms with Crippen LogP contribution in [0.2, 0.25) is 0 Å². The lowest BCUT2D eigenvalue weighted by Crippen LogP contribution is -2.06. The SMILES string of the molecule is Cc1ccccc1[C@H]1CC(=O)OC1=O. The largest absolute Gasteiger partial charge is 0.393 e. The molecule has 1 heterocycles. The highest BCUT2D eigenvalue weighted by Gasteiger charge is 2.35. The number of ether oxygens (including phenoxy) is 1. The zero-order valence-corrected chi connectivity index (χ0v) is 7.82. The van der Waals surface area contributed by atoms with Gasteiger partial charge in [-0.3, -0.25) is 9.59 Å². The number of hydrogen-bond acceptors (Lipinski definition) is 3. The minimum absolute atomic E-state index is 0.170. The van der Waals surface area contributed by atoms with Crippen LogP contribution in [0.5, 0.6) is 0 Å². The van der Waals surface area contributed by atoms with Gasteiger partial charge in [0.25, 0.3) is 0 Å². The second-order valence-electron chi connectivity index (χ2n) is 3.41. The minimum atomic E-state index is -0.428. The van der Waals surface area contributed by atoms with Crippen molar-refractivity contribution in [1.29, 1.82) is 0 Å². The summed E-state index contributed by atoms with van der Waals surface area (Å²) in [6.07, 6.45) is 0.170. The second-order valence-corrected chi connectivity index (χ2v) is 3.41. The van der Waals surface area contributed by atoms with E-state index in [4.69, 9.17) is 0 Å². The van der Waals surface area contributed by atoms with Crippen LogP contribution in [0, 0.1) is 6.92 Å². The summed E-state index contributed by atoms with van der Waals surface area (Å²) in [5.41, 5.74) is 1.91. The Morgan fingerprint density at radius 1 is 1.29 bits per heavy atom. The number of carbonyl (C=O) groups excluding carboxylic acids is 2. The molecular formula is C11H10O3. The number of aryl methyl sites for hydroxylation is 1. The summed E-state index contributed by atoms with van der Waals surface area (Å²) < 4.78 is 4.51. The lowest BCUT2D eigenvalue weighted by atomic mass is 9.94. The smallest absolute Gasteiger partial charge is 0.321 e. The minimum Gasteiger partial charge on any atom is -0.393 e. The quantitative estimate of drug-likeness (QED) is 0.498. The average Bonchev–Trinajstić information content (AvgIpc) is 2.46. The fourth-order valence-electron chi connectivity index (χ4n) is 1.69. The predicted octanol–water partition coefficient (Wildman–Crippen LogP) is 1.55. The first kappa shape index (κ1) is 8.94. The van der Waals surface area contributed by atoms with E-state index >= 15 is 0 Å². The fourth-order valence-corrected chi connectivity index (χ4v) is 1.69. The molecule has 0 amide bonds. The first-order chi connectivity index (χ1) is 6.68. The van der Waals surface area contributed by atoms with E-state index in [1.807, 2.05) is 31.2 Å². The lowest BCUT2D eigenvalue weighted by molar-refractivity contribution is -0.152. The number of rotatable bonds is 1. The molecule has 0 aliphatic carbocycles. The number of esters is 2. The van der Waals surface area contributed by atoms with Gasteiger partial charge in [0.15, 0.2) is 0 Å². The van der Waals surface area contributed by atoms with Crippen molar-refractivity contribution < 1.29 is 14.3 Å². The molecule has 1 aromatic rings. The van der Waals surface area contributed by atoms with Gasteiger partial charge in [-0.1, -0.05) is 24.3 Å². The molecule has 1 aromatic carbocycles. The van der Waals surface area contributed by atoms with Crippen LogP contribution in [-0.4, -0.2) is 11.9 Å². The van der Waals surface area contributed by atoms with Crippen LogP contribution in [0.4, 0.5) is 0 Å². The summed E-state index contributed by atoms with van der Waals surface area (Å²) in [5.74, 6) is -1.25. The van der Waals surface area contributed by atoms with E-state index in [9.17, 15) is 9.59 Å². The van der Waals surface area contributed by atoms with Gasteiger partial charge in [0.05, 0.1) is 12.3 Å². The summed E-state index contributed by atoms with van der Waals surface area (Å²) in [5, 5.41) is 0. The van der Waals surface area contributed by atoms with Crippen molar-refractivity contribution in [3.63, 3.8) is 0 Å². The number of hydrogen-bond donors (Lipinski definition) is 0. The summed E-state index contributed by atoms with van der Waals surface area (Å²) in [7, 11) is 0. The zero-order chi connectivity index (χ0) is 10.1. The molecule has 0 radical (unpaired) electrons. The molecule has 0 unspecified atom stereocenters. The third-order valence-corrected chi connectivity index (χ3v) is 2.43. The molecule has 2 rings (SSSR count). The van der Waals surface area contributed by atoms with E-state index in [0.29, 0.717) is 0 Å². The number of carbonyl (C=O) groups is 2. The molecule has 1 aliphatic rings. The van der Waals surface area contributed by atoms with Crippen LogP contribution in [0.3, 0.4) is 0 Å². The molecule has 3 heteroatoms. The van der Waals surface area contributed by atoms with E-state index in [2.05, 4.69) is 4.74 Å².